The first-order valence-electron chi connectivity index (χ1n) is 33.4. The van der Waals surface area contributed by atoms with Crippen LogP contribution in [0, 0.1) is 35.5 Å². The Hall–Kier alpha value is -3.27. The largest absolute Gasteiger partial charge is 0.507 e. The molecule has 0 spiro atoms. The Labute approximate surface area is 512 Å². The molecule has 5 heteroatoms. The van der Waals surface area contributed by atoms with E-state index in [1.54, 1.807) is 0 Å². The summed E-state index contributed by atoms with van der Waals surface area (Å²) < 4.78 is 0. The maximum Gasteiger partial charge on any atom is 0.127 e. The average molecular weight is 1180 g/mol. The Balaban J connectivity index is 0.00000736. The van der Waals surface area contributed by atoms with E-state index in [0.29, 0.717) is 11.5 Å². The molecule has 1 heterocycles. The van der Waals surface area contributed by atoms with Crippen molar-refractivity contribution in [1.29, 1.82) is 0 Å². The third kappa shape index (κ3) is 12.8. The molecule has 4 aromatic carbocycles. The monoisotopic (exact) mass is 1180 g/mol. The minimum absolute atomic E-state index is 0. The number of hydrogen-bond acceptors (Lipinski definition) is 3. The van der Waals surface area contributed by atoms with Gasteiger partial charge in [-0.25, -0.2) is 4.98 Å². The zero-order chi connectivity index (χ0) is 56.0. The summed E-state index contributed by atoms with van der Waals surface area (Å²) in [6, 6.07) is 38.1. The van der Waals surface area contributed by atoms with E-state index in [2.05, 4.69) is 147 Å². The van der Waals surface area contributed by atoms with Gasteiger partial charge in [-0.15, -0.1) is 0 Å². The summed E-state index contributed by atoms with van der Waals surface area (Å²) in [5, 5.41) is 26.4. The van der Waals surface area contributed by atoms with Gasteiger partial charge in [-0.1, -0.05) is 218 Å². The van der Waals surface area contributed by atoms with E-state index in [0.717, 1.165) is 80.3 Å². The van der Waals surface area contributed by atoms with Crippen LogP contribution in [0.15, 0.2) is 84.9 Å². The van der Waals surface area contributed by atoms with Crippen molar-refractivity contribution < 1.29 is 36.4 Å². The van der Waals surface area contributed by atoms with Gasteiger partial charge in [0.05, 0.1) is 19.5 Å². The van der Waals surface area contributed by atoms with E-state index in [-0.39, 0.29) is 47.9 Å². The molecule has 3 nitrogen and oxygen atoms in total. The Morgan fingerprint density at radius 1 is 0.432 bits per heavy atom. The molecule has 8 bridgehead atoms. The molecule has 0 unspecified atom stereocenters. The Bertz CT molecular complexity index is 2700. The van der Waals surface area contributed by atoms with Crippen molar-refractivity contribution in [2.45, 2.75) is 262 Å². The summed E-state index contributed by atoms with van der Waals surface area (Å²) in [6.45, 7) is 21.2. The predicted molar refractivity (Wildman–Crippen MR) is 343 cm³/mol. The van der Waals surface area contributed by atoms with Crippen LogP contribution in [-0.4, -0.2) is 23.3 Å². The standard InChI is InChI=1S/C76H105NO2Si.Zr/c1-10-13-16-23-30-80(31-24-17-14-11-2,32-25-18-15-12-3)51-58-39-69(63-28-21-19-26-61(63)65-41-59(73(4,5)6)43-67(71(65)78)75-45-52-33-53(46-75)35-54(34-52)47-75)77-70(40-58)64-29-22-20-27-62(64)66-42-60(74(7,8)9)44-68(72(66)79)76-48-55-36-56(49-76)38-57(37-55)50-76;/h19-22,26-29,39-44,52-57,78-79H,10-18,23-25,30-38,45-51H2,1-9H3;. The molecule has 1 aromatic heterocycles. The fourth-order valence-corrected chi connectivity index (χ4v) is 24.3. The van der Waals surface area contributed by atoms with Gasteiger partial charge in [-0.2, -0.15) is 0 Å². The van der Waals surface area contributed by atoms with Crippen LogP contribution in [-0.2, 0) is 53.9 Å². The summed E-state index contributed by atoms with van der Waals surface area (Å²) in [7, 11) is -1.86. The molecule has 0 amide bonds. The second-order valence-electron chi connectivity index (χ2n) is 30.7. The molecule has 0 saturated heterocycles. The van der Waals surface area contributed by atoms with Gasteiger partial charge in [0, 0.05) is 59.6 Å². The van der Waals surface area contributed by atoms with E-state index in [4.69, 9.17) is 4.98 Å². The fourth-order valence-electron chi connectivity index (χ4n) is 18.9. The maximum absolute atomic E-state index is 13.2. The number of aromatic nitrogens is 1. The van der Waals surface area contributed by atoms with Crippen molar-refractivity contribution in [3.05, 3.63) is 113 Å². The molecule has 8 aliphatic rings. The number of phenolic OH excluding ortho intramolecular Hbond substituents is 2. The summed E-state index contributed by atoms with van der Waals surface area (Å²) in [4.78, 5) is 5.94. The summed E-state index contributed by atoms with van der Waals surface area (Å²) in [5.41, 5.74) is 14.8. The second-order valence-corrected chi connectivity index (χ2v) is 35.5. The van der Waals surface area contributed by atoms with Crippen molar-refractivity contribution in [1.82, 2.24) is 4.98 Å². The van der Waals surface area contributed by atoms with Crippen LogP contribution in [0.25, 0.3) is 44.8 Å². The van der Waals surface area contributed by atoms with Crippen molar-refractivity contribution in [3.8, 4) is 56.3 Å². The molecular weight excluding hydrogens is 1080 g/mol. The quantitative estimate of drug-likeness (QED) is 0.0506. The zero-order valence-corrected chi connectivity index (χ0v) is 55.6. The number of rotatable bonds is 23. The van der Waals surface area contributed by atoms with Gasteiger partial charge in [0.2, 0.25) is 0 Å². The van der Waals surface area contributed by atoms with Gasteiger partial charge in [0.15, 0.2) is 0 Å². The molecule has 2 N–H and O–H groups in total. The first kappa shape index (κ1) is 60.8. The van der Waals surface area contributed by atoms with Crippen molar-refractivity contribution >= 4 is 8.07 Å². The molecule has 8 aliphatic carbocycles. The first-order chi connectivity index (χ1) is 38.4. The van der Waals surface area contributed by atoms with Crippen molar-refractivity contribution in [3.63, 3.8) is 0 Å². The third-order valence-electron chi connectivity index (χ3n) is 22.3. The molecule has 5 aromatic rings. The Kier molecular flexibility index (Phi) is 18.8. The van der Waals surface area contributed by atoms with Crippen LogP contribution in [0.3, 0.4) is 0 Å². The number of phenols is 2. The zero-order valence-electron chi connectivity index (χ0n) is 52.2. The number of nitrogens with zero attached hydrogens (tertiary/aromatic N) is 1. The third-order valence-corrected chi connectivity index (χ3v) is 27.7. The first-order valence-corrected chi connectivity index (χ1v) is 36.2. The summed E-state index contributed by atoms with van der Waals surface area (Å²) in [5.74, 6) is 5.71. The molecule has 8 fully saturated rings. The molecule has 0 aliphatic heterocycles. The number of benzene rings is 4. The van der Waals surface area contributed by atoms with Crippen molar-refractivity contribution in [2.24, 2.45) is 35.5 Å². The van der Waals surface area contributed by atoms with Crippen LogP contribution < -0.4 is 0 Å². The van der Waals surface area contributed by atoms with Gasteiger partial charge < -0.3 is 10.2 Å². The normalized spacial score (nSPS) is 25.6. The second kappa shape index (κ2) is 25.0. The summed E-state index contributed by atoms with van der Waals surface area (Å²) >= 11 is 0. The topological polar surface area (TPSA) is 53.4 Å². The van der Waals surface area contributed by atoms with Crippen molar-refractivity contribution in [2.75, 3.05) is 0 Å². The smallest absolute Gasteiger partial charge is 0.127 e. The SMILES string of the molecule is CCCCCC[Si](CCCCCC)(CCCCCC)Cc1cc(-c2ccccc2-c2cc(C(C)(C)C)cc(C34CC5CC(CC(C5)C3)C4)c2O)nc(-c2ccccc2-c2cc(C(C)(C)C)cc(C34CC5CC(CC(C5)C3)C4)c2O)c1.[Zr]. The Morgan fingerprint density at radius 3 is 1.06 bits per heavy atom. The molecule has 434 valence electrons. The molecule has 81 heavy (non-hydrogen) atoms. The van der Waals surface area contributed by atoms with Crippen LogP contribution in [0.2, 0.25) is 18.1 Å². The number of aromatic hydroxyl groups is 2. The molecule has 0 atom stereocenters. The van der Waals surface area contributed by atoms with Crippen LogP contribution in [0.1, 0.15) is 244 Å². The summed E-state index contributed by atoms with van der Waals surface area (Å²) in [6.07, 6.45) is 31.5. The molecular formula is C76H105NO2SiZr. The van der Waals surface area contributed by atoms with E-state index in [1.165, 1.54) is 206 Å². The molecule has 8 saturated carbocycles. The molecule has 13 rings (SSSR count). The van der Waals surface area contributed by atoms with E-state index >= 15 is 0 Å². The Morgan fingerprint density at radius 2 is 0.753 bits per heavy atom. The van der Waals surface area contributed by atoms with E-state index < -0.39 is 8.07 Å². The van der Waals surface area contributed by atoms with Gasteiger partial charge in [-0.05, 0) is 192 Å². The van der Waals surface area contributed by atoms with Gasteiger partial charge in [0.25, 0.3) is 0 Å². The number of unbranched alkanes of at least 4 members (excludes halogenated alkanes) is 9. The number of hydrogen-bond donors (Lipinski definition) is 2. The van der Waals surface area contributed by atoms with Gasteiger partial charge in [-0.3, -0.25) is 0 Å². The minimum atomic E-state index is -1.86. The van der Waals surface area contributed by atoms with Gasteiger partial charge in [0.1, 0.15) is 11.5 Å². The fraction of sp³-hybridized carbons (Fsp3) is 0.618. The predicted octanol–water partition coefficient (Wildman–Crippen LogP) is 22.0. The van der Waals surface area contributed by atoms with E-state index in [9.17, 15) is 10.2 Å². The van der Waals surface area contributed by atoms with Gasteiger partial charge >= 0.3 is 0 Å². The van der Waals surface area contributed by atoms with Crippen LogP contribution >= 0.6 is 0 Å². The van der Waals surface area contributed by atoms with E-state index in [1.807, 2.05) is 0 Å². The maximum atomic E-state index is 13.2. The van der Waals surface area contributed by atoms with Crippen LogP contribution in [0.4, 0.5) is 0 Å². The minimum Gasteiger partial charge on any atom is -0.507 e. The molecule has 0 radical (unpaired) electrons. The average Bonchev–Trinajstić information content (AvgIpc) is 3.44. The van der Waals surface area contributed by atoms with Crippen LogP contribution in [0.5, 0.6) is 11.5 Å². The number of pyridine rings is 1.